The van der Waals surface area contributed by atoms with Gasteiger partial charge in [-0.3, -0.25) is 0 Å². The van der Waals surface area contributed by atoms with Crippen LogP contribution in [0.3, 0.4) is 0 Å². The maximum atomic E-state index is 6.08. The number of methoxy groups -OCH3 is 2. The summed E-state index contributed by atoms with van der Waals surface area (Å²) in [6.07, 6.45) is 0.111. The molecule has 0 saturated carbocycles. The van der Waals surface area contributed by atoms with Gasteiger partial charge in [-0.15, -0.1) is 0 Å². The van der Waals surface area contributed by atoms with E-state index in [2.05, 4.69) is 0 Å². The molecule has 0 bridgehead atoms. The highest BCUT2D eigenvalue weighted by Gasteiger charge is 2.25. The minimum atomic E-state index is -0.124. The summed E-state index contributed by atoms with van der Waals surface area (Å²) in [6, 6.07) is 15.9. The molecule has 4 nitrogen and oxygen atoms in total. The van der Waals surface area contributed by atoms with E-state index in [1.807, 2.05) is 48.5 Å². The van der Waals surface area contributed by atoms with Crippen molar-refractivity contribution in [3.63, 3.8) is 0 Å². The minimum Gasteiger partial charge on any atom is -0.497 e. The molecule has 0 spiro atoms. The summed E-state index contributed by atoms with van der Waals surface area (Å²) in [6.45, 7) is 1.39. The van der Waals surface area contributed by atoms with Gasteiger partial charge in [0.2, 0.25) is 0 Å². The minimum absolute atomic E-state index is 0.124. The summed E-state index contributed by atoms with van der Waals surface area (Å²) in [4.78, 5) is 0. The number of ether oxygens (including phenoxy) is 4. The van der Waals surface area contributed by atoms with Crippen LogP contribution in [0.1, 0.15) is 17.2 Å². The maximum absolute atomic E-state index is 6.08. The Morgan fingerprint density at radius 1 is 0.909 bits per heavy atom. The van der Waals surface area contributed by atoms with E-state index in [1.165, 1.54) is 0 Å². The molecule has 3 rings (SSSR count). The van der Waals surface area contributed by atoms with Gasteiger partial charge in [-0.2, -0.15) is 0 Å². The second kappa shape index (κ2) is 6.81. The van der Waals surface area contributed by atoms with Gasteiger partial charge in [0.25, 0.3) is 0 Å². The third-order valence-corrected chi connectivity index (χ3v) is 3.69. The zero-order chi connectivity index (χ0) is 15.4. The summed E-state index contributed by atoms with van der Waals surface area (Å²) in [5.74, 6) is 1.67. The van der Waals surface area contributed by atoms with Crippen LogP contribution < -0.4 is 9.47 Å². The largest absolute Gasteiger partial charge is 0.497 e. The summed E-state index contributed by atoms with van der Waals surface area (Å²) in [7, 11) is 3.33. The first-order valence-electron chi connectivity index (χ1n) is 7.31. The van der Waals surface area contributed by atoms with Gasteiger partial charge in [0.15, 0.2) is 0 Å². The molecule has 22 heavy (non-hydrogen) atoms. The zero-order valence-electron chi connectivity index (χ0n) is 12.8. The van der Waals surface area contributed by atoms with Crippen molar-refractivity contribution < 1.29 is 18.9 Å². The van der Waals surface area contributed by atoms with E-state index in [1.54, 1.807) is 14.2 Å². The van der Waals surface area contributed by atoms with Crippen molar-refractivity contribution in [3.8, 4) is 11.5 Å². The second-order valence-corrected chi connectivity index (χ2v) is 5.22. The molecule has 1 aliphatic rings. The van der Waals surface area contributed by atoms with Crippen LogP contribution in [0.15, 0.2) is 48.5 Å². The molecule has 0 aromatic heterocycles. The van der Waals surface area contributed by atoms with Crippen LogP contribution in [-0.2, 0) is 9.47 Å². The number of benzene rings is 2. The first kappa shape index (κ1) is 14.9. The van der Waals surface area contributed by atoms with Gasteiger partial charge in [0.05, 0.1) is 27.4 Å². The Hall–Kier alpha value is -2.04. The Morgan fingerprint density at radius 3 is 1.73 bits per heavy atom. The van der Waals surface area contributed by atoms with Gasteiger partial charge < -0.3 is 18.9 Å². The van der Waals surface area contributed by atoms with E-state index in [9.17, 15) is 0 Å². The molecule has 116 valence electrons. The Bertz CT molecular complexity index is 540. The SMILES string of the molecule is COc1ccc(C(OC[C@H]2CO2)c2ccc(OC)cc2)cc1. The first-order valence-corrected chi connectivity index (χ1v) is 7.31. The standard InChI is InChI=1S/C18H20O4/c1-19-15-7-3-13(4-8-15)18(22-12-17-11-21-17)14-5-9-16(20-2)10-6-14/h3-10,17-18H,11-12H2,1-2H3/t17-/m1/s1. The molecule has 0 amide bonds. The lowest BCUT2D eigenvalue weighted by Crippen LogP contribution is -2.10. The highest BCUT2D eigenvalue weighted by Crippen LogP contribution is 2.30. The summed E-state index contributed by atoms with van der Waals surface area (Å²) in [5, 5.41) is 0. The summed E-state index contributed by atoms with van der Waals surface area (Å²) in [5.41, 5.74) is 2.18. The molecule has 2 aromatic carbocycles. The predicted octanol–water partition coefficient (Wildman–Crippen LogP) is 3.21. The van der Waals surface area contributed by atoms with Gasteiger partial charge in [-0.1, -0.05) is 24.3 Å². The van der Waals surface area contributed by atoms with E-state index in [0.717, 1.165) is 29.2 Å². The van der Waals surface area contributed by atoms with E-state index in [4.69, 9.17) is 18.9 Å². The molecule has 1 saturated heterocycles. The maximum Gasteiger partial charge on any atom is 0.118 e. The van der Waals surface area contributed by atoms with Gasteiger partial charge in [0, 0.05) is 0 Å². The van der Waals surface area contributed by atoms with Crippen molar-refractivity contribution in [2.24, 2.45) is 0 Å². The molecule has 1 atom stereocenters. The van der Waals surface area contributed by atoms with E-state index in [0.29, 0.717) is 6.61 Å². The van der Waals surface area contributed by atoms with E-state index < -0.39 is 0 Å². The van der Waals surface area contributed by atoms with Crippen LogP contribution in [0.2, 0.25) is 0 Å². The van der Waals surface area contributed by atoms with Crippen LogP contribution >= 0.6 is 0 Å². The lowest BCUT2D eigenvalue weighted by Gasteiger charge is -2.19. The number of epoxide rings is 1. The Labute approximate surface area is 130 Å². The normalized spacial score (nSPS) is 16.6. The summed E-state index contributed by atoms with van der Waals surface area (Å²) >= 11 is 0. The fourth-order valence-corrected chi connectivity index (χ4v) is 2.31. The Morgan fingerprint density at radius 2 is 1.36 bits per heavy atom. The molecule has 0 radical (unpaired) electrons. The second-order valence-electron chi connectivity index (χ2n) is 5.22. The lowest BCUT2D eigenvalue weighted by atomic mass is 10.0. The molecule has 1 heterocycles. The monoisotopic (exact) mass is 300 g/mol. The Balaban J connectivity index is 1.83. The van der Waals surface area contributed by atoms with Crippen LogP contribution in [0.5, 0.6) is 11.5 Å². The number of hydrogen-bond acceptors (Lipinski definition) is 4. The third kappa shape index (κ3) is 3.59. The van der Waals surface area contributed by atoms with Crippen LogP contribution in [0.4, 0.5) is 0 Å². The average molecular weight is 300 g/mol. The number of rotatable bonds is 7. The molecule has 0 unspecified atom stereocenters. The van der Waals surface area contributed by atoms with E-state index >= 15 is 0 Å². The van der Waals surface area contributed by atoms with Crippen molar-refractivity contribution in [2.45, 2.75) is 12.2 Å². The van der Waals surface area contributed by atoms with Crippen molar-refractivity contribution in [1.29, 1.82) is 0 Å². The van der Waals surface area contributed by atoms with Gasteiger partial charge in [0.1, 0.15) is 23.7 Å². The first-order chi connectivity index (χ1) is 10.8. The van der Waals surface area contributed by atoms with Crippen LogP contribution in [0.25, 0.3) is 0 Å². The molecular formula is C18H20O4. The van der Waals surface area contributed by atoms with Crippen molar-refractivity contribution >= 4 is 0 Å². The fourth-order valence-electron chi connectivity index (χ4n) is 2.31. The molecule has 2 aromatic rings. The summed E-state index contributed by atoms with van der Waals surface area (Å²) < 4.78 is 21.7. The Kier molecular flexibility index (Phi) is 4.61. The average Bonchev–Trinajstić information content (AvgIpc) is 3.40. The van der Waals surface area contributed by atoms with Crippen LogP contribution in [0, 0.1) is 0 Å². The van der Waals surface area contributed by atoms with E-state index in [-0.39, 0.29) is 12.2 Å². The number of hydrogen-bond donors (Lipinski definition) is 0. The predicted molar refractivity (Wildman–Crippen MR) is 83.5 cm³/mol. The molecular weight excluding hydrogens is 280 g/mol. The third-order valence-electron chi connectivity index (χ3n) is 3.69. The smallest absolute Gasteiger partial charge is 0.118 e. The quantitative estimate of drug-likeness (QED) is 0.736. The molecule has 1 fully saturated rings. The van der Waals surface area contributed by atoms with Crippen LogP contribution in [-0.4, -0.2) is 33.5 Å². The zero-order valence-corrected chi connectivity index (χ0v) is 12.8. The fraction of sp³-hybridized carbons (Fsp3) is 0.333. The molecule has 4 heteroatoms. The van der Waals surface area contributed by atoms with Gasteiger partial charge in [-0.05, 0) is 35.4 Å². The molecule has 0 N–H and O–H groups in total. The highest BCUT2D eigenvalue weighted by atomic mass is 16.6. The molecule has 1 aliphatic heterocycles. The van der Waals surface area contributed by atoms with Gasteiger partial charge >= 0.3 is 0 Å². The van der Waals surface area contributed by atoms with Crippen molar-refractivity contribution in [2.75, 3.05) is 27.4 Å². The molecule has 0 aliphatic carbocycles. The highest BCUT2D eigenvalue weighted by molar-refractivity contribution is 5.36. The van der Waals surface area contributed by atoms with Crippen molar-refractivity contribution in [3.05, 3.63) is 59.7 Å². The van der Waals surface area contributed by atoms with Gasteiger partial charge in [-0.25, -0.2) is 0 Å². The van der Waals surface area contributed by atoms with Crippen molar-refractivity contribution in [1.82, 2.24) is 0 Å². The topological polar surface area (TPSA) is 40.2 Å². The lowest BCUT2D eigenvalue weighted by molar-refractivity contribution is 0.0671.